The van der Waals surface area contributed by atoms with E-state index in [9.17, 15) is 4.79 Å². The highest BCUT2D eigenvalue weighted by Crippen LogP contribution is 2.32. The average molecular weight is 476 g/mol. The lowest BCUT2D eigenvalue weighted by molar-refractivity contribution is 0.146. The Morgan fingerprint density at radius 2 is 2.00 bits per heavy atom. The maximum atomic E-state index is 11.6. The van der Waals surface area contributed by atoms with Gasteiger partial charge in [0.15, 0.2) is 5.96 Å². The van der Waals surface area contributed by atoms with Crippen LogP contribution in [0.1, 0.15) is 19.8 Å². The van der Waals surface area contributed by atoms with Gasteiger partial charge in [0.2, 0.25) is 0 Å². The maximum Gasteiger partial charge on any atom is 0.407 e. The van der Waals surface area contributed by atoms with E-state index in [-0.39, 0.29) is 36.1 Å². The number of hydrogen-bond acceptors (Lipinski definition) is 4. The van der Waals surface area contributed by atoms with Gasteiger partial charge in [0, 0.05) is 13.6 Å². The smallest absolute Gasteiger partial charge is 0.407 e. The van der Waals surface area contributed by atoms with E-state index in [1.807, 2.05) is 30.3 Å². The van der Waals surface area contributed by atoms with Crippen LogP contribution < -0.4 is 20.7 Å². The van der Waals surface area contributed by atoms with E-state index in [1.54, 1.807) is 14.0 Å². The topological polar surface area (TPSA) is 84.0 Å². The lowest BCUT2D eigenvalue weighted by Crippen LogP contribution is -2.48. The number of carbonyl (C=O) groups excluding carboxylic acids is 1. The Balaban J connectivity index is 0.00000338. The Kier molecular flexibility index (Phi) is 10.8. The highest BCUT2D eigenvalue weighted by Gasteiger charge is 2.32. The molecule has 3 N–H and O–H groups in total. The fourth-order valence-electron chi connectivity index (χ4n) is 2.44. The molecule has 0 aliphatic heterocycles. The molecule has 0 heterocycles. The van der Waals surface area contributed by atoms with Crippen LogP contribution in [0.4, 0.5) is 4.79 Å². The molecule has 0 bridgehead atoms. The Hall–Kier alpha value is -1.71. The number of benzene rings is 1. The first-order chi connectivity index (χ1) is 12.2. The number of aliphatic imine (C=N–C) groups is 1. The summed E-state index contributed by atoms with van der Waals surface area (Å²) in [5, 5.41) is 9.37. The van der Waals surface area contributed by atoms with Crippen LogP contribution in [-0.4, -0.2) is 51.4 Å². The molecule has 7 nitrogen and oxygen atoms in total. The average Bonchev–Trinajstić information content (AvgIpc) is 3.46. The maximum absolute atomic E-state index is 11.6. The molecule has 2 rings (SSSR count). The summed E-state index contributed by atoms with van der Waals surface area (Å²) in [6.07, 6.45) is 1.91. The fraction of sp³-hybridized carbons (Fsp3) is 0.556. The summed E-state index contributed by atoms with van der Waals surface area (Å²) < 4.78 is 10.6. The predicted molar refractivity (Wildman–Crippen MR) is 113 cm³/mol. The van der Waals surface area contributed by atoms with Crippen LogP contribution in [-0.2, 0) is 4.74 Å². The van der Waals surface area contributed by atoms with Gasteiger partial charge in [0.05, 0.1) is 19.2 Å². The zero-order chi connectivity index (χ0) is 17.9. The molecule has 8 heteroatoms. The Labute approximate surface area is 172 Å². The molecule has 1 aliphatic carbocycles. The minimum absolute atomic E-state index is 0. The molecule has 26 heavy (non-hydrogen) atoms. The summed E-state index contributed by atoms with van der Waals surface area (Å²) in [6.45, 7) is 3.96. The highest BCUT2D eigenvalue weighted by atomic mass is 127. The largest absolute Gasteiger partial charge is 0.492 e. The summed E-state index contributed by atoms with van der Waals surface area (Å²) in [4.78, 5) is 15.8. The van der Waals surface area contributed by atoms with E-state index < -0.39 is 0 Å². The second kappa shape index (κ2) is 12.6. The minimum atomic E-state index is -0.361. The molecule has 0 radical (unpaired) electrons. The van der Waals surface area contributed by atoms with Crippen molar-refractivity contribution >= 4 is 36.0 Å². The van der Waals surface area contributed by atoms with Crippen LogP contribution in [0.5, 0.6) is 5.75 Å². The number of nitrogens with zero attached hydrogens (tertiary/aromatic N) is 1. The van der Waals surface area contributed by atoms with Crippen LogP contribution >= 0.6 is 24.0 Å². The number of carbonyl (C=O) groups is 1. The first-order valence-electron chi connectivity index (χ1n) is 8.78. The van der Waals surface area contributed by atoms with Crippen molar-refractivity contribution in [1.29, 1.82) is 0 Å². The normalized spacial score (nSPS) is 14.6. The summed E-state index contributed by atoms with van der Waals surface area (Å²) in [5.41, 5.74) is 0. The number of rotatable bonds is 9. The number of alkyl carbamates (subject to hydrolysis) is 1. The third-order valence-corrected chi connectivity index (χ3v) is 3.89. The van der Waals surface area contributed by atoms with Gasteiger partial charge in [-0.15, -0.1) is 24.0 Å². The van der Waals surface area contributed by atoms with Crippen molar-refractivity contribution in [3.8, 4) is 5.75 Å². The molecule has 0 aromatic heterocycles. The van der Waals surface area contributed by atoms with Crippen molar-refractivity contribution < 1.29 is 14.3 Å². The molecule has 1 saturated carbocycles. The molecule has 1 atom stereocenters. The minimum Gasteiger partial charge on any atom is -0.492 e. The first kappa shape index (κ1) is 22.3. The van der Waals surface area contributed by atoms with Crippen LogP contribution in [0.3, 0.4) is 0 Å². The molecule has 0 spiro atoms. The SMILES string of the molecule is CCOC(=O)NC(CNC(=NC)NCCOc1ccccc1)C1CC1.I. The van der Waals surface area contributed by atoms with Gasteiger partial charge in [-0.25, -0.2) is 4.79 Å². The third kappa shape index (κ3) is 8.59. The summed E-state index contributed by atoms with van der Waals surface area (Å²) in [6, 6.07) is 9.74. The molecule has 1 unspecified atom stereocenters. The zero-order valence-electron chi connectivity index (χ0n) is 15.4. The Morgan fingerprint density at radius 3 is 2.62 bits per heavy atom. The van der Waals surface area contributed by atoms with Gasteiger partial charge in [-0.1, -0.05) is 18.2 Å². The highest BCUT2D eigenvalue weighted by molar-refractivity contribution is 14.0. The number of guanidine groups is 1. The second-order valence-electron chi connectivity index (χ2n) is 5.85. The molecule has 1 aliphatic rings. The molecule has 1 aromatic rings. The van der Waals surface area contributed by atoms with E-state index in [2.05, 4.69) is 20.9 Å². The number of amides is 1. The standard InChI is InChI=1S/C18H28N4O3.HI/c1-3-24-18(23)22-16(14-9-10-14)13-21-17(19-2)20-11-12-25-15-7-5-4-6-8-15;/h4-8,14,16H,3,9-13H2,1-2H3,(H,22,23)(H2,19,20,21);1H. The molecule has 146 valence electrons. The van der Waals surface area contributed by atoms with Gasteiger partial charge in [-0.2, -0.15) is 0 Å². The number of halogens is 1. The number of nitrogens with one attached hydrogen (secondary N) is 3. The Morgan fingerprint density at radius 1 is 1.27 bits per heavy atom. The Bertz CT molecular complexity index is 553. The van der Waals surface area contributed by atoms with E-state index in [0.29, 0.717) is 38.2 Å². The lowest BCUT2D eigenvalue weighted by Gasteiger charge is -2.20. The van der Waals surface area contributed by atoms with Crippen molar-refractivity contribution in [1.82, 2.24) is 16.0 Å². The van der Waals surface area contributed by atoms with Crippen molar-refractivity contribution in [2.75, 3.05) is 33.4 Å². The summed E-state index contributed by atoms with van der Waals surface area (Å²) in [5.74, 6) is 2.05. The lowest BCUT2D eigenvalue weighted by atomic mass is 10.2. The monoisotopic (exact) mass is 476 g/mol. The van der Waals surface area contributed by atoms with Crippen molar-refractivity contribution in [3.63, 3.8) is 0 Å². The van der Waals surface area contributed by atoms with Gasteiger partial charge in [-0.3, -0.25) is 4.99 Å². The molecular formula is C18H29IN4O3. The quantitative estimate of drug-likeness (QED) is 0.221. The van der Waals surface area contributed by atoms with Gasteiger partial charge in [0.25, 0.3) is 0 Å². The van der Waals surface area contributed by atoms with Gasteiger partial charge in [-0.05, 0) is 37.8 Å². The van der Waals surface area contributed by atoms with Crippen LogP contribution in [0.2, 0.25) is 0 Å². The summed E-state index contributed by atoms with van der Waals surface area (Å²) in [7, 11) is 1.72. The van der Waals surface area contributed by atoms with Crippen molar-refractivity contribution in [3.05, 3.63) is 30.3 Å². The van der Waals surface area contributed by atoms with Gasteiger partial charge in [0.1, 0.15) is 12.4 Å². The van der Waals surface area contributed by atoms with Crippen LogP contribution in [0.25, 0.3) is 0 Å². The molecular weight excluding hydrogens is 447 g/mol. The number of ether oxygens (including phenoxy) is 2. The molecule has 1 aromatic carbocycles. The second-order valence-corrected chi connectivity index (χ2v) is 5.85. The predicted octanol–water partition coefficient (Wildman–Crippen LogP) is 2.37. The summed E-state index contributed by atoms with van der Waals surface area (Å²) >= 11 is 0. The van der Waals surface area contributed by atoms with Crippen LogP contribution in [0, 0.1) is 5.92 Å². The first-order valence-corrected chi connectivity index (χ1v) is 8.78. The van der Waals surface area contributed by atoms with Crippen LogP contribution in [0.15, 0.2) is 35.3 Å². The number of para-hydroxylation sites is 1. The molecule has 1 fully saturated rings. The van der Waals surface area contributed by atoms with E-state index in [0.717, 1.165) is 18.6 Å². The number of hydrogen-bond donors (Lipinski definition) is 3. The van der Waals surface area contributed by atoms with Gasteiger partial charge < -0.3 is 25.4 Å². The van der Waals surface area contributed by atoms with Gasteiger partial charge >= 0.3 is 6.09 Å². The van der Waals surface area contributed by atoms with E-state index >= 15 is 0 Å². The fourth-order valence-corrected chi connectivity index (χ4v) is 2.44. The van der Waals surface area contributed by atoms with Crippen molar-refractivity contribution in [2.24, 2.45) is 10.9 Å². The third-order valence-electron chi connectivity index (χ3n) is 3.89. The molecule has 0 saturated heterocycles. The van der Waals surface area contributed by atoms with E-state index in [1.165, 1.54) is 0 Å². The molecule has 1 amide bonds. The zero-order valence-corrected chi connectivity index (χ0v) is 17.7. The van der Waals surface area contributed by atoms with Crippen molar-refractivity contribution in [2.45, 2.75) is 25.8 Å². The van der Waals surface area contributed by atoms with E-state index in [4.69, 9.17) is 9.47 Å².